The molecule has 0 spiro atoms. The zero-order chi connectivity index (χ0) is 31.3. The SMILES string of the molecule is c1ccc(-c2nc(-n3c4ccccc4c4cc5c(ccc6c7ccccc7oc56)cc43)nc3c4ccccc4c4ccccc4c23)cc1. The molecule has 0 amide bonds. The predicted octanol–water partition coefficient (Wildman–Crippen LogP) is 11.8. The predicted molar refractivity (Wildman–Crippen MR) is 199 cm³/mol. The van der Waals surface area contributed by atoms with E-state index in [2.05, 4.69) is 144 Å². The van der Waals surface area contributed by atoms with Crippen LogP contribution < -0.4 is 0 Å². The largest absolute Gasteiger partial charge is 0.455 e. The highest BCUT2D eigenvalue weighted by atomic mass is 16.3. The number of rotatable bonds is 2. The summed E-state index contributed by atoms with van der Waals surface area (Å²) in [7, 11) is 0. The average molecular weight is 612 g/mol. The molecule has 4 heteroatoms. The summed E-state index contributed by atoms with van der Waals surface area (Å²) in [5, 5.41) is 12.5. The van der Waals surface area contributed by atoms with Crippen LogP contribution in [0.2, 0.25) is 0 Å². The van der Waals surface area contributed by atoms with E-state index >= 15 is 0 Å². The second kappa shape index (κ2) is 9.50. The lowest BCUT2D eigenvalue weighted by atomic mass is 9.94. The van der Waals surface area contributed by atoms with Crippen molar-refractivity contribution >= 4 is 87.0 Å². The van der Waals surface area contributed by atoms with Crippen LogP contribution in [-0.4, -0.2) is 14.5 Å². The Hall–Kier alpha value is -6.52. The Balaban J connectivity index is 1.31. The molecular formula is C44H25N3O. The second-order valence-electron chi connectivity index (χ2n) is 12.5. The molecule has 0 fully saturated rings. The summed E-state index contributed by atoms with van der Waals surface area (Å²) in [5.74, 6) is 0.650. The summed E-state index contributed by atoms with van der Waals surface area (Å²) in [6, 6.07) is 53.5. The molecular weight excluding hydrogens is 587 g/mol. The van der Waals surface area contributed by atoms with Crippen molar-refractivity contribution in [2.75, 3.05) is 0 Å². The van der Waals surface area contributed by atoms with Gasteiger partial charge in [-0.25, -0.2) is 9.97 Å². The molecule has 222 valence electrons. The molecule has 0 aliphatic heterocycles. The van der Waals surface area contributed by atoms with Gasteiger partial charge in [-0.15, -0.1) is 0 Å². The normalized spacial score (nSPS) is 12.2. The van der Waals surface area contributed by atoms with E-state index in [1.807, 2.05) is 12.1 Å². The maximum atomic E-state index is 6.48. The molecule has 0 radical (unpaired) electrons. The summed E-state index contributed by atoms with van der Waals surface area (Å²) in [6.45, 7) is 0. The number of furan rings is 1. The standard InChI is InChI=1S/C44H25N3O/c1-2-12-26(13-3-1)41-40-32-18-6-4-14-28(32)29-15-5-7-19-33(29)42(40)46-44(45-41)47-37-20-10-8-16-30(37)36-25-35-27(24-38(36)47)22-23-34-31-17-9-11-21-39(31)48-43(34)35/h1-25H. The van der Waals surface area contributed by atoms with Gasteiger partial charge in [-0.1, -0.05) is 121 Å². The third-order valence-electron chi connectivity index (χ3n) is 9.97. The van der Waals surface area contributed by atoms with Crippen molar-refractivity contribution in [2.24, 2.45) is 0 Å². The highest BCUT2D eigenvalue weighted by molar-refractivity contribution is 6.27. The highest BCUT2D eigenvalue weighted by Crippen LogP contribution is 2.42. The van der Waals surface area contributed by atoms with Crippen LogP contribution in [0.5, 0.6) is 0 Å². The van der Waals surface area contributed by atoms with E-state index in [0.29, 0.717) is 5.95 Å². The molecule has 0 unspecified atom stereocenters. The van der Waals surface area contributed by atoms with Crippen LogP contribution in [-0.2, 0) is 0 Å². The van der Waals surface area contributed by atoms with Crippen molar-refractivity contribution in [1.29, 1.82) is 0 Å². The molecule has 0 saturated carbocycles. The van der Waals surface area contributed by atoms with Gasteiger partial charge in [0.25, 0.3) is 0 Å². The Kier molecular flexibility index (Phi) is 5.08. The number of fused-ring (bicyclic) bond motifs is 14. The molecule has 11 aromatic rings. The molecule has 3 aromatic heterocycles. The average Bonchev–Trinajstić information content (AvgIpc) is 3.70. The van der Waals surface area contributed by atoms with E-state index in [1.54, 1.807) is 0 Å². The van der Waals surface area contributed by atoms with Gasteiger partial charge < -0.3 is 4.42 Å². The lowest BCUT2D eigenvalue weighted by Crippen LogP contribution is -2.04. The first-order valence-electron chi connectivity index (χ1n) is 16.3. The van der Waals surface area contributed by atoms with Crippen molar-refractivity contribution < 1.29 is 4.42 Å². The smallest absolute Gasteiger partial charge is 0.235 e. The number of nitrogens with zero attached hydrogens (tertiary/aromatic N) is 3. The van der Waals surface area contributed by atoms with Gasteiger partial charge in [0.2, 0.25) is 5.95 Å². The molecule has 3 heterocycles. The third-order valence-corrected chi connectivity index (χ3v) is 9.97. The molecule has 8 aromatic carbocycles. The van der Waals surface area contributed by atoms with E-state index in [9.17, 15) is 0 Å². The minimum Gasteiger partial charge on any atom is -0.455 e. The number of aromatic nitrogens is 3. The van der Waals surface area contributed by atoms with E-state index in [0.717, 1.165) is 87.4 Å². The fourth-order valence-electron chi connectivity index (χ4n) is 7.85. The first-order valence-corrected chi connectivity index (χ1v) is 16.3. The second-order valence-corrected chi connectivity index (χ2v) is 12.5. The molecule has 4 nitrogen and oxygen atoms in total. The molecule has 0 saturated heterocycles. The Bertz CT molecular complexity index is 3120. The maximum absolute atomic E-state index is 6.48. The Labute approximate surface area is 274 Å². The Morgan fingerprint density at radius 2 is 1.10 bits per heavy atom. The van der Waals surface area contributed by atoms with Crippen LogP contribution in [0.1, 0.15) is 0 Å². The Morgan fingerprint density at radius 3 is 1.94 bits per heavy atom. The minimum absolute atomic E-state index is 0.650. The lowest BCUT2D eigenvalue weighted by molar-refractivity contribution is 0.672. The van der Waals surface area contributed by atoms with Crippen LogP contribution in [0.3, 0.4) is 0 Å². The molecule has 0 atom stereocenters. The van der Waals surface area contributed by atoms with Crippen molar-refractivity contribution in [3.8, 4) is 17.2 Å². The molecule has 0 aliphatic carbocycles. The molecule has 11 rings (SSSR count). The quantitative estimate of drug-likeness (QED) is 0.183. The molecule has 0 bridgehead atoms. The third kappa shape index (κ3) is 3.43. The fourth-order valence-corrected chi connectivity index (χ4v) is 7.85. The zero-order valence-corrected chi connectivity index (χ0v) is 25.7. The highest BCUT2D eigenvalue weighted by Gasteiger charge is 2.21. The van der Waals surface area contributed by atoms with E-state index in [-0.39, 0.29) is 0 Å². The molecule has 0 N–H and O–H groups in total. The Morgan fingerprint density at radius 1 is 0.438 bits per heavy atom. The fraction of sp³-hybridized carbons (Fsp3) is 0. The van der Waals surface area contributed by atoms with Gasteiger partial charge in [0.05, 0.1) is 22.2 Å². The van der Waals surface area contributed by atoms with Crippen LogP contribution in [0, 0.1) is 0 Å². The summed E-state index contributed by atoms with van der Waals surface area (Å²) in [4.78, 5) is 10.9. The minimum atomic E-state index is 0.650. The number of hydrogen-bond donors (Lipinski definition) is 0. The zero-order valence-electron chi connectivity index (χ0n) is 25.7. The van der Waals surface area contributed by atoms with Crippen LogP contribution in [0.25, 0.3) is 104 Å². The summed E-state index contributed by atoms with van der Waals surface area (Å²) < 4.78 is 8.71. The van der Waals surface area contributed by atoms with Gasteiger partial charge in [0.15, 0.2) is 0 Å². The van der Waals surface area contributed by atoms with Crippen LogP contribution >= 0.6 is 0 Å². The first kappa shape index (κ1) is 25.6. The van der Waals surface area contributed by atoms with E-state index < -0.39 is 0 Å². The van der Waals surface area contributed by atoms with Crippen LogP contribution in [0.15, 0.2) is 156 Å². The maximum Gasteiger partial charge on any atom is 0.235 e. The summed E-state index contributed by atoms with van der Waals surface area (Å²) >= 11 is 0. The van der Waals surface area contributed by atoms with Crippen LogP contribution in [0.4, 0.5) is 0 Å². The molecule has 48 heavy (non-hydrogen) atoms. The summed E-state index contributed by atoms with van der Waals surface area (Å²) in [6.07, 6.45) is 0. The van der Waals surface area contributed by atoms with Gasteiger partial charge in [0, 0.05) is 43.3 Å². The number of hydrogen-bond acceptors (Lipinski definition) is 3. The number of benzene rings is 8. The first-order chi connectivity index (χ1) is 23.8. The van der Waals surface area contributed by atoms with Crippen molar-refractivity contribution in [2.45, 2.75) is 0 Å². The van der Waals surface area contributed by atoms with Gasteiger partial charge in [-0.3, -0.25) is 4.57 Å². The molecule has 0 aliphatic rings. The van der Waals surface area contributed by atoms with Gasteiger partial charge in [-0.05, 0) is 51.9 Å². The van der Waals surface area contributed by atoms with Gasteiger partial charge in [0.1, 0.15) is 11.2 Å². The van der Waals surface area contributed by atoms with Gasteiger partial charge >= 0.3 is 0 Å². The number of para-hydroxylation sites is 2. The van der Waals surface area contributed by atoms with Crippen molar-refractivity contribution in [3.63, 3.8) is 0 Å². The van der Waals surface area contributed by atoms with Crippen molar-refractivity contribution in [3.05, 3.63) is 152 Å². The van der Waals surface area contributed by atoms with Crippen molar-refractivity contribution in [1.82, 2.24) is 14.5 Å². The van der Waals surface area contributed by atoms with E-state index in [4.69, 9.17) is 14.4 Å². The topological polar surface area (TPSA) is 43.9 Å². The van der Waals surface area contributed by atoms with Gasteiger partial charge in [-0.2, -0.15) is 0 Å². The van der Waals surface area contributed by atoms with E-state index in [1.165, 1.54) is 10.8 Å². The lowest BCUT2D eigenvalue weighted by Gasteiger charge is -2.16. The summed E-state index contributed by atoms with van der Waals surface area (Å²) in [5.41, 5.74) is 6.87. The monoisotopic (exact) mass is 611 g/mol.